The molecular weight excluding hydrogens is 400 g/mol. The van der Waals surface area contributed by atoms with Crippen LogP contribution in [-0.2, 0) is 0 Å². The summed E-state index contributed by atoms with van der Waals surface area (Å²) in [6, 6.07) is 13.2. The second-order valence-corrected chi connectivity index (χ2v) is 7.14. The summed E-state index contributed by atoms with van der Waals surface area (Å²) in [6.45, 7) is 1.71. The third-order valence-electron chi connectivity index (χ3n) is 3.67. The first-order chi connectivity index (χ1) is 13.4. The fourth-order valence-corrected chi connectivity index (χ4v) is 3.30. The number of aromatic nitrogens is 1. The van der Waals surface area contributed by atoms with E-state index in [1.807, 2.05) is 0 Å². The minimum atomic E-state index is -0.460. The van der Waals surface area contributed by atoms with Crippen LogP contribution in [0.5, 0.6) is 5.75 Å². The van der Waals surface area contributed by atoms with Gasteiger partial charge >= 0.3 is 6.03 Å². The number of carbonyl (C=O) groups excluding carboxylic acids is 2. The van der Waals surface area contributed by atoms with Crippen LogP contribution >= 0.6 is 22.9 Å². The van der Waals surface area contributed by atoms with Crippen molar-refractivity contribution >= 4 is 51.4 Å². The monoisotopic (exact) mass is 416 g/mol. The number of anilines is 3. The maximum atomic E-state index is 12.5. The van der Waals surface area contributed by atoms with Crippen molar-refractivity contribution in [3.63, 3.8) is 0 Å². The molecule has 28 heavy (non-hydrogen) atoms. The number of nitrogens with zero attached hydrogens (tertiary/aromatic N) is 1. The van der Waals surface area contributed by atoms with Crippen LogP contribution in [0, 0.1) is 6.92 Å². The zero-order chi connectivity index (χ0) is 20.1. The molecule has 0 aliphatic rings. The molecule has 3 aromatic rings. The lowest BCUT2D eigenvalue weighted by molar-refractivity contribution is 0.102. The molecule has 3 amide bonds. The Hall–Kier alpha value is -3.10. The number of benzene rings is 2. The van der Waals surface area contributed by atoms with Gasteiger partial charge in [-0.2, -0.15) is 0 Å². The van der Waals surface area contributed by atoms with Crippen molar-refractivity contribution in [3.05, 3.63) is 64.1 Å². The van der Waals surface area contributed by atoms with E-state index in [1.54, 1.807) is 62.6 Å². The summed E-state index contributed by atoms with van der Waals surface area (Å²) < 4.78 is 5.09. The van der Waals surface area contributed by atoms with Crippen molar-refractivity contribution in [2.75, 3.05) is 23.1 Å². The fourth-order valence-electron chi connectivity index (χ4n) is 2.32. The molecule has 7 nitrogen and oxygen atoms in total. The number of rotatable bonds is 5. The van der Waals surface area contributed by atoms with Gasteiger partial charge in [-0.1, -0.05) is 22.9 Å². The quantitative estimate of drug-likeness (QED) is 0.545. The first-order valence-electron chi connectivity index (χ1n) is 8.21. The van der Waals surface area contributed by atoms with Crippen molar-refractivity contribution in [2.24, 2.45) is 0 Å². The highest BCUT2D eigenvalue weighted by Crippen LogP contribution is 2.24. The number of thiazole rings is 1. The van der Waals surface area contributed by atoms with Crippen molar-refractivity contribution in [3.8, 4) is 5.75 Å². The third kappa shape index (κ3) is 4.99. The van der Waals surface area contributed by atoms with E-state index in [0.717, 1.165) is 11.3 Å². The van der Waals surface area contributed by atoms with E-state index in [2.05, 4.69) is 20.9 Å². The molecule has 0 fully saturated rings. The maximum Gasteiger partial charge on any atom is 0.325 e. The normalized spacial score (nSPS) is 10.2. The first kappa shape index (κ1) is 19.7. The zero-order valence-corrected chi connectivity index (χ0v) is 16.6. The van der Waals surface area contributed by atoms with Gasteiger partial charge in [-0.05, 0) is 55.5 Å². The molecule has 1 heterocycles. The Morgan fingerprint density at radius 3 is 2.21 bits per heavy atom. The van der Waals surface area contributed by atoms with Gasteiger partial charge in [0.05, 0.1) is 12.8 Å². The summed E-state index contributed by atoms with van der Waals surface area (Å²) in [7, 11) is 1.58. The number of aryl methyl sites for hydroxylation is 1. The van der Waals surface area contributed by atoms with E-state index in [0.29, 0.717) is 37.8 Å². The van der Waals surface area contributed by atoms with E-state index in [1.165, 1.54) is 0 Å². The van der Waals surface area contributed by atoms with Crippen LogP contribution in [0.2, 0.25) is 5.02 Å². The van der Waals surface area contributed by atoms with E-state index < -0.39 is 6.03 Å². The molecule has 3 rings (SSSR count). The molecule has 144 valence electrons. The smallest absolute Gasteiger partial charge is 0.325 e. The van der Waals surface area contributed by atoms with Gasteiger partial charge in [0.2, 0.25) is 0 Å². The standard InChI is InChI=1S/C19H17ClN4O3S/c1-11-16(17(25)22-13-7-9-15(27-2)10-8-13)28-19(21-11)24-18(26)23-14-5-3-12(20)4-6-14/h3-10H,1-2H3,(H,22,25)(H2,21,23,24,26). The van der Waals surface area contributed by atoms with Crippen molar-refractivity contribution < 1.29 is 14.3 Å². The molecule has 0 aliphatic carbocycles. The lowest BCUT2D eigenvalue weighted by Crippen LogP contribution is -2.19. The molecule has 0 saturated carbocycles. The Bertz CT molecular complexity index is 987. The van der Waals surface area contributed by atoms with Crippen molar-refractivity contribution in [2.45, 2.75) is 6.92 Å². The lowest BCUT2D eigenvalue weighted by Gasteiger charge is -2.05. The van der Waals surface area contributed by atoms with Gasteiger partial charge in [0, 0.05) is 16.4 Å². The number of hydrogen-bond donors (Lipinski definition) is 3. The molecule has 3 N–H and O–H groups in total. The number of halogens is 1. The molecule has 0 radical (unpaired) electrons. The second kappa shape index (κ2) is 8.73. The van der Waals surface area contributed by atoms with Gasteiger partial charge < -0.3 is 15.4 Å². The van der Waals surface area contributed by atoms with Crippen molar-refractivity contribution in [1.82, 2.24) is 4.98 Å². The molecule has 0 bridgehead atoms. The SMILES string of the molecule is COc1ccc(NC(=O)c2sc(NC(=O)Nc3ccc(Cl)cc3)nc2C)cc1. The first-order valence-corrected chi connectivity index (χ1v) is 9.40. The van der Waals surface area contributed by atoms with Gasteiger partial charge in [0.25, 0.3) is 5.91 Å². The Morgan fingerprint density at radius 2 is 1.57 bits per heavy atom. The fraction of sp³-hybridized carbons (Fsp3) is 0.105. The number of hydrogen-bond acceptors (Lipinski definition) is 5. The Morgan fingerprint density at radius 1 is 0.964 bits per heavy atom. The topological polar surface area (TPSA) is 92.4 Å². The molecule has 2 aromatic carbocycles. The highest BCUT2D eigenvalue weighted by molar-refractivity contribution is 7.17. The summed E-state index contributed by atoms with van der Waals surface area (Å²) in [5.74, 6) is 0.400. The van der Waals surface area contributed by atoms with Crippen LogP contribution in [0.4, 0.5) is 21.3 Å². The van der Waals surface area contributed by atoms with Crippen LogP contribution < -0.4 is 20.7 Å². The Labute approximate surface area is 170 Å². The lowest BCUT2D eigenvalue weighted by atomic mass is 10.3. The van der Waals surface area contributed by atoms with E-state index >= 15 is 0 Å². The predicted octanol–water partition coefficient (Wildman–Crippen LogP) is 5.01. The Balaban J connectivity index is 1.63. The number of nitrogens with one attached hydrogen (secondary N) is 3. The van der Waals surface area contributed by atoms with E-state index in [4.69, 9.17) is 16.3 Å². The van der Waals surface area contributed by atoms with Crippen LogP contribution in [0.15, 0.2) is 48.5 Å². The number of ether oxygens (including phenoxy) is 1. The molecule has 1 aromatic heterocycles. The third-order valence-corrected chi connectivity index (χ3v) is 5.00. The Kier molecular flexibility index (Phi) is 6.13. The number of amides is 3. The highest BCUT2D eigenvalue weighted by Gasteiger charge is 2.17. The number of urea groups is 1. The second-order valence-electron chi connectivity index (χ2n) is 5.70. The molecule has 0 unspecified atom stereocenters. The minimum Gasteiger partial charge on any atom is -0.497 e. The van der Waals surface area contributed by atoms with E-state index in [9.17, 15) is 9.59 Å². The average Bonchev–Trinajstić information content (AvgIpc) is 3.04. The maximum absolute atomic E-state index is 12.5. The summed E-state index contributed by atoms with van der Waals surface area (Å²) in [5.41, 5.74) is 1.75. The molecule has 0 saturated heterocycles. The van der Waals surface area contributed by atoms with Crippen LogP contribution in [0.3, 0.4) is 0 Å². The van der Waals surface area contributed by atoms with Crippen LogP contribution in [0.1, 0.15) is 15.4 Å². The number of carbonyl (C=O) groups is 2. The molecule has 9 heteroatoms. The molecular formula is C19H17ClN4O3S. The molecule has 0 spiro atoms. The summed E-state index contributed by atoms with van der Waals surface area (Å²) in [6.07, 6.45) is 0. The van der Waals surface area contributed by atoms with Gasteiger partial charge in [-0.15, -0.1) is 0 Å². The summed E-state index contributed by atoms with van der Waals surface area (Å²) >= 11 is 6.92. The van der Waals surface area contributed by atoms with Gasteiger partial charge in [0.15, 0.2) is 5.13 Å². The van der Waals surface area contributed by atoms with Gasteiger partial charge in [-0.25, -0.2) is 9.78 Å². The minimum absolute atomic E-state index is 0.300. The largest absolute Gasteiger partial charge is 0.497 e. The van der Waals surface area contributed by atoms with Gasteiger partial charge in [-0.3, -0.25) is 10.1 Å². The van der Waals surface area contributed by atoms with Crippen LogP contribution in [-0.4, -0.2) is 24.0 Å². The van der Waals surface area contributed by atoms with E-state index in [-0.39, 0.29) is 5.91 Å². The summed E-state index contributed by atoms with van der Waals surface area (Å²) in [4.78, 5) is 29.3. The summed E-state index contributed by atoms with van der Waals surface area (Å²) in [5, 5.41) is 9.00. The van der Waals surface area contributed by atoms with Crippen molar-refractivity contribution in [1.29, 1.82) is 0 Å². The molecule has 0 aliphatic heterocycles. The zero-order valence-electron chi connectivity index (χ0n) is 15.1. The number of methoxy groups -OCH3 is 1. The predicted molar refractivity (Wildman–Crippen MR) is 112 cm³/mol. The average molecular weight is 417 g/mol. The van der Waals surface area contributed by atoms with Gasteiger partial charge in [0.1, 0.15) is 10.6 Å². The highest BCUT2D eigenvalue weighted by atomic mass is 35.5. The van der Waals surface area contributed by atoms with Crippen LogP contribution in [0.25, 0.3) is 0 Å². The molecule has 0 atom stereocenters.